The molecule has 3 N–H and O–H groups in total. The third-order valence-electron chi connectivity index (χ3n) is 3.23. The van der Waals surface area contributed by atoms with Gasteiger partial charge in [0.1, 0.15) is 6.23 Å². The van der Waals surface area contributed by atoms with E-state index in [0.29, 0.717) is 12.0 Å². The SMILES string of the molecule is Cc1cn([C@@H]2CC(CO)[C@H](CO)O2)c(=O)[nH]c1=O. The van der Waals surface area contributed by atoms with Crippen LogP contribution in [-0.2, 0) is 4.74 Å². The number of aryl methyl sites for hydroxylation is 1. The molecule has 2 rings (SSSR count). The van der Waals surface area contributed by atoms with Crippen molar-refractivity contribution in [1.82, 2.24) is 9.55 Å². The molecule has 0 aromatic carbocycles. The highest BCUT2D eigenvalue weighted by atomic mass is 16.5. The predicted octanol–water partition coefficient (Wildman–Crippen LogP) is -1.27. The molecule has 0 amide bonds. The van der Waals surface area contributed by atoms with Gasteiger partial charge in [-0.3, -0.25) is 14.3 Å². The van der Waals surface area contributed by atoms with Crippen LogP contribution in [-0.4, -0.2) is 39.1 Å². The largest absolute Gasteiger partial charge is 0.396 e. The lowest BCUT2D eigenvalue weighted by Gasteiger charge is -2.15. The number of ether oxygens (including phenoxy) is 1. The number of hydrogen-bond donors (Lipinski definition) is 3. The molecule has 100 valence electrons. The summed E-state index contributed by atoms with van der Waals surface area (Å²) in [6, 6.07) is 0. The highest BCUT2D eigenvalue weighted by Gasteiger charge is 2.35. The molecule has 1 unspecified atom stereocenters. The van der Waals surface area contributed by atoms with Crippen molar-refractivity contribution in [3.8, 4) is 0 Å². The van der Waals surface area contributed by atoms with Gasteiger partial charge < -0.3 is 14.9 Å². The second kappa shape index (κ2) is 5.05. The first-order valence-electron chi connectivity index (χ1n) is 5.76. The van der Waals surface area contributed by atoms with E-state index in [1.807, 2.05) is 0 Å². The molecule has 3 atom stereocenters. The summed E-state index contributed by atoms with van der Waals surface area (Å²) in [6.45, 7) is 1.27. The summed E-state index contributed by atoms with van der Waals surface area (Å²) < 4.78 is 6.79. The van der Waals surface area contributed by atoms with Crippen LogP contribution in [0.5, 0.6) is 0 Å². The van der Waals surface area contributed by atoms with Crippen LogP contribution in [0.25, 0.3) is 0 Å². The zero-order chi connectivity index (χ0) is 13.3. The predicted molar refractivity (Wildman–Crippen MR) is 62.2 cm³/mol. The number of H-pyrrole nitrogens is 1. The molecule has 2 heterocycles. The van der Waals surface area contributed by atoms with Crippen LogP contribution in [0.15, 0.2) is 15.8 Å². The fourth-order valence-electron chi connectivity index (χ4n) is 2.14. The Hall–Kier alpha value is -1.44. The third-order valence-corrected chi connectivity index (χ3v) is 3.23. The summed E-state index contributed by atoms with van der Waals surface area (Å²) in [5.41, 5.74) is -0.566. The van der Waals surface area contributed by atoms with Gasteiger partial charge in [0.2, 0.25) is 0 Å². The number of aliphatic hydroxyl groups is 2. The number of nitrogens with zero attached hydrogens (tertiary/aromatic N) is 1. The summed E-state index contributed by atoms with van der Waals surface area (Å²) in [5.74, 6) is -0.209. The zero-order valence-corrected chi connectivity index (χ0v) is 10.00. The molecule has 1 aromatic heterocycles. The third kappa shape index (κ3) is 2.24. The fourth-order valence-corrected chi connectivity index (χ4v) is 2.14. The van der Waals surface area contributed by atoms with Gasteiger partial charge in [-0.1, -0.05) is 0 Å². The monoisotopic (exact) mass is 256 g/mol. The summed E-state index contributed by atoms with van der Waals surface area (Å²) in [4.78, 5) is 25.1. The van der Waals surface area contributed by atoms with Crippen LogP contribution in [0.1, 0.15) is 18.2 Å². The minimum atomic E-state index is -0.567. The molecule has 7 heteroatoms. The Morgan fingerprint density at radius 3 is 2.72 bits per heavy atom. The van der Waals surface area contributed by atoms with Crippen molar-refractivity contribution in [3.63, 3.8) is 0 Å². The highest BCUT2D eigenvalue weighted by Crippen LogP contribution is 2.31. The lowest BCUT2D eigenvalue weighted by Crippen LogP contribution is -2.33. The fraction of sp³-hybridized carbons (Fsp3) is 0.636. The molecule has 0 aliphatic carbocycles. The topological polar surface area (TPSA) is 105 Å². The first kappa shape index (κ1) is 13.0. The van der Waals surface area contributed by atoms with Gasteiger partial charge in [-0.05, 0) is 6.92 Å². The van der Waals surface area contributed by atoms with E-state index in [4.69, 9.17) is 14.9 Å². The highest BCUT2D eigenvalue weighted by molar-refractivity contribution is 5.01. The Bertz CT molecular complexity index is 523. The van der Waals surface area contributed by atoms with Gasteiger partial charge in [0, 0.05) is 30.7 Å². The van der Waals surface area contributed by atoms with E-state index in [2.05, 4.69) is 4.98 Å². The van der Waals surface area contributed by atoms with E-state index in [1.54, 1.807) is 6.92 Å². The van der Waals surface area contributed by atoms with Gasteiger partial charge in [-0.2, -0.15) is 0 Å². The Balaban J connectivity index is 2.31. The molecule has 1 aliphatic heterocycles. The van der Waals surface area contributed by atoms with Crippen molar-refractivity contribution in [2.45, 2.75) is 25.7 Å². The molecule has 1 saturated heterocycles. The molecule has 0 spiro atoms. The van der Waals surface area contributed by atoms with Gasteiger partial charge in [0.05, 0.1) is 12.7 Å². The summed E-state index contributed by atoms with van der Waals surface area (Å²) >= 11 is 0. The molecule has 1 aliphatic rings. The van der Waals surface area contributed by atoms with Crippen molar-refractivity contribution in [2.75, 3.05) is 13.2 Å². The maximum absolute atomic E-state index is 11.7. The van der Waals surface area contributed by atoms with Gasteiger partial charge in [-0.15, -0.1) is 0 Å². The molecule has 18 heavy (non-hydrogen) atoms. The molecular weight excluding hydrogens is 240 g/mol. The minimum Gasteiger partial charge on any atom is -0.396 e. The van der Waals surface area contributed by atoms with Crippen molar-refractivity contribution >= 4 is 0 Å². The van der Waals surface area contributed by atoms with Crippen LogP contribution in [0.4, 0.5) is 0 Å². The van der Waals surface area contributed by atoms with E-state index < -0.39 is 23.6 Å². The molecule has 7 nitrogen and oxygen atoms in total. The molecule has 1 fully saturated rings. The van der Waals surface area contributed by atoms with Crippen LogP contribution in [0.3, 0.4) is 0 Å². The lowest BCUT2D eigenvalue weighted by molar-refractivity contribution is -0.0367. The Morgan fingerprint density at radius 1 is 1.44 bits per heavy atom. The summed E-state index contributed by atoms with van der Waals surface area (Å²) in [5, 5.41) is 18.3. The standard InChI is InChI=1S/C11H16N2O5/c1-6-3-13(11(17)12-10(6)16)9-2-7(4-14)8(5-15)18-9/h3,7-9,14-15H,2,4-5H2,1H3,(H,12,16,17)/t7?,8-,9-/m0/s1. The number of aromatic amines is 1. The number of aromatic nitrogens is 2. The Labute approximate surface area is 103 Å². The molecular formula is C11H16N2O5. The van der Waals surface area contributed by atoms with E-state index in [-0.39, 0.29) is 19.1 Å². The summed E-state index contributed by atoms with van der Waals surface area (Å²) in [6.07, 6.45) is 0.800. The Kier molecular flexibility index (Phi) is 3.65. The van der Waals surface area contributed by atoms with Crippen molar-refractivity contribution in [2.24, 2.45) is 5.92 Å². The van der Waals surface area contributed by atoms with Crippen LogP contribution >= 0.6 is 0 Å². The van der Waals surface area contributed by atoms with E-state index >= 15 is 0 Å². The first-order chi connectivity index (χ1) is 8.56. The Morgan fingerprint density at radius 2 is 2.17 bits per heavy atom. The maximum atomic E-state index is 11.7. The number of nitrogens with one attached hydrogen (secondary N) is 1. The van der Waals surface area contributed by atoms with E-state index in [0.717, 1.165) is 0 Å². The van der Waals surface area contributed by atoms with Gasteiger partial charge in [0.15, 0.2) is 0 Å². The minimum absolute atomic E-state index is 0.112. The maximum Gasteiger partial charge on any atom is 0.330 e. The first-order valence-corrected chi connectivity index (χ1v) is 5.76. The lowest BCUT2D eigenvalue weighted by atomic mass is 10.0. The second-order valence-corrected chi connectivity index (χ2v) is 4.47. The smallest absolute Gasteiger partial charge is 0.330 e. The van der Waals surface area contributed by atoms with Crippen LogP contribution in [0, 0.1) is 12.8 Å². The average Bonchev–Trinajstić information content (AvgIpc) is 2.76. The quantitative estimate of drug-likeness (QED) is 0.625. The molecule has 0 bridgehead atoms. The summed E-state index contributed by atoms with van der Waals surface area (Å²) in [7, 11) is 0. The van der Waals surface area contributed by atoms with Crippen molar-refractivity contribution in [1.29, 1.82) is 0 Å². The van der Waals surface area contributed by atoms with Gasteiger partial charge in [-0.25, -0.2) is 4.79 Å². The molecule has 0 saturated carbocycles. The molecule has 1 aromatic rings. The van der Waals surface area contributed by atoms with Crippen molar-refractivity contribution in [3.05, 3.63) is 32.6 Å². The molecule has 0 radical (unpaired) electrons. The van der Waals surface area contributed by atoms with Crippen LogP contribution in [0.2, 0.25) is 0 Å². The number of rotatable bonds is 3. The van der Waals surface area contributed by atoms with E-state index in [9.17, 15) is 9.59 Å². The average molecular weight is 256 g/mol. The van der Waals surface area contributed by atoms with Gasteiger partial charge in [0.25, 0.3) is 5.56 Å². The zero-order valence-electron chi connectivity index (χ0n) is 10.00. The second-order valence-electron chi connectivity index (χ2n) is 4.47. The number of hydrogen-bond acceptors (Lipinski definition) is 5. The van der Waals surface area contributed by atoms with E-state index in [1.165, 1.54) is 10.8 Å². The van der Waals surface area contributed by atoms with Gasteiger partial charge >= 0.3 is 5.69 Å². The number of aliphatic hydroxyl groups excluding tert-OH is 2. The normalized spacial score (nSPS) is 27.6. The van der Waals surface area contributed by atoms with Crippen molar-refractivity contribution < 1.29 is 14.9 Å². The van der Waals surface area contributed by atoms with Crippen LogP contribution < -0.4 is 11.2 Å².